The van der Waals surface area contributed by atoms with Crippen LogP contribution in [-0.2, 0) is 9.47 Å². The standard InChI is InChI=1S/C19H23ClN2O4/c1-18(2,3)25-16(23)14-15(17(24)26-19(4,5)6)22(11-21-14)13-10-8-7-9-12(13)20/h7-11H,1-6H3. The highest BCUT2D eigenvalue weighted by molar-refractivity contribution is 6.32. The molecule has 0 spiro atoms. The van der Waals surface area contributed by atoms with Crippen molar-refractivity contribution in [2.75, 3.05) is 0 Å². The van der Waals surface area contributed by atoms with Crippen LogP contribution < -0.4 is 0 Å². The Kier molecular flexibility index (Phi) is 5.47. The van der Waals surface area contributed by atoms with Crippen molar-refractivity contribution < 1.29 is 19.1 Å². The molecule has 0 amide bonds. The van der Waals surface area contributed by atoms with Crippen LogP contribution in [0, 0.1) is 0 Å². The van der Waals surface area contributed by atoms with E-state index in [0.29, 0.717) is 10.7 Å². The third kappa shape index (κ3) is 4.85. The summed E-state index contributed by atoms with van der Waals surface area (Å²) in [5.41, 5.74) is -1.09. The number of ether oxygens (including phenoxy) is 2. The molecule has 0 N–H and O–H groups in total. The fourth-order valence-corrected chi connectivity index (χ4v) is 2.40. The average molecular weight is 379 g/mol. The van der Waals surface area contributed by atoms with Crippen molar-refractivity contribution in [2.24, 2.45) is 0 Å². The van der Waals surface area contributed by atoms with Gasteiger partial charge in [0, 0.05) is 0 Å². The summed E-state index contributed by atoms with van der Waals surface area (Å²) >= 11 is 6.25. The topological polar surface area (TPSA) is 70.4 Å². The van der Waals surface area contributed by atoms with Crippen LogP contribution in [0.1, 0.15) is 62.5 Å². The van der Waals surface area contributed by atoms with Crippen LogP contribution in [0.5, 0.6) is 0 Å². The van der Waals surface area contributed by atoms with E-state index in [0.717, 1.165) is 0 Å². The lowest BCUT2D eigenvalue weighted by molar-refractivity contribution is 0.000945. The molecule has 0 aliphatic carbocycles. The number of aromatic nitrogens is 2. The Bertz CT molecular complexity index is 829. The predicted octanol–water partition coefficient (Wildman–Crippen LogP) is 4.44. The van der Waals surface area contributed by atoms with Crippen LogP contribution in [0.25, 0.3) is 5.69 Å². The maximum absolute atomic E-state index is 12.8. The first-order valence-electron chi connectivity index (χ1n) is 8.18. The highest BCUT2D eigenvalue weighted by Gasteiger charge is 2.31. The summed E-state index contributed by atoms with van der Waals surface area (Å²) in [5, 5.41) is 0.408. The molecule has 26 heavy (non-hydrogen) atoms. The third-order valence-electron chi connectivity index (χ3n) is 3.06. The van der Waals surface area contributed by atoms with Gasteiger partial charge in [-0.3, -0.25) is 4.57 Å². The van der Waals surface area contributed by atoms with Gasteiger partial charge in [-0.25, -0.2) is 14.6 Å². The normalized spacial score (nSPS) is 12.0. The second kappa shape index (κ2) is 7.11. The average Bonchev–Trinajstić information content (AvgIpc) is 2.89. The number of esters is 2. The monoisotopic (exact) mass is 378 g/mol. The molecule has 0 bridgehead atoms. The predicted molar refractivity (Wildman–Crippen MR) is 98.9 cm³/mol. The fourth-order valence-electron chi connectivity index (χ4n) is 2.18. The minimum absolute atomic E-state index is 0.0257. The molecule has 2 rings (SSSR count). The SMILES string of the molecule is CC(C)(C)OC(=O)c1ncn(-c2ccccc2Cl)c1C(=O)OC(C)(C)C. The molecule has 1 heterocycles. The van der Waals surface area contributed by atoms with E-state index in [4.69, 9.17) is 21.1 Å². The number of carbonyl (C=O) groups is 2. The van der Waals surface area contributed by atoms with Crippen molar-refractivity contribution in [1.82, 2.24) is 9.55 Å². The minimum atomic E-state index is -0.738. The number of nitrogens with zero attached hydrogens (tertiary/aromatic N) is 2. The highest BCUT2D eigenvalue weighted by Crippen LogP contribution is 2.25. The molecule has 1 aromatic carbocycles. The summed E-state index contributed by atoms with van der Waals surface area (Å²) < 4.78 is 12.3. The zero-order valence-electron chi connectivity index (χ0n) is 15.8. The van der Waals surface area contributed by atoms with E-state index in [1.165, 1.54) is 10.9 Å². The Hall–Kier alpha value is -2.34. The molecule has 0 atom stereocenters. The maximum atomic E-state index is 12.8. The van der Waals surface area contributed by atoms with Crippen molar-refractivity contribution in [1.29, 1.82) is 0 Å². The van der Waals surface area contributed by atoms with Gasteiger partial charge < -0.3 is 9.47 Å². The number of para-hydroxylation sites is 1. The molecular weight excluding hydrogens is 356 g/mol. The molecule has 0 saturated heterocycles. The van der Waals surface area contributed by atoms with E-state index in [1.54, 1.807) is 65.8 Å². The number of hydrogen-bond donors (Lipinski definition) is 0. The van der Waals surface area contributed by atoms with E-state index in [2.05, 4.69) is 4.98 Å². The van der Waals surface area contributed by atoms with Crippen LogP contribution >= 0.6 is 11.6 Å². The summed E-state index contributed by atoms with van der Waals surface area (Å²) in [4.78, 5) is 29.4. The smallest absolute Gasteiger partial charge is 0.360 e. The van der Waals surface area contributed by atoms with Crippen molar-refractivity contribution in [2.45, 2.75) is 52.7 Å². The third-order valence-corrected chi connectivity index (χ3v) is 3.38. The molecule has 0 aliphatic rings. The number of benzene rings is 1. The van der Waals surface area contributed by atoms with Crippen LogP contribution in [-0.4, -0.2) is 32.7 Å². The molecular formula is C19H23ClN2O4. The number of carbonyl (C=O) groups excluding carboxylic acids is 2. The molecule has 0 saturated carbocycles. The minimum Gasteiger partial charge on any atom is -0.455 e. The Morgan fingerprint density at radius 2 is 1.50 bits per heavy atom. The lowest BCUT2D eigenvalue weighted by Gasteiger charge is -2.22. The van der Waals surface area contributed by atoms with Gasteiger partial charge in [0.25, 0.3) is 0 Å². The molecule has 140 valence electrons. The van der Waals surface area contributed by atoms with Gasteiger partial charge in [0.05, 0.1) is 10.7 Å². The second-order valence-electron chi connectivity index (χ2n) is 7.77. The maximum Gasteiger partial charge on any atom is 0.360 e. The zero-order valence-corrected chi connectivity index (χ0v) is 16.5. The Morgan fingerprint density at radius 1 is 0.962 bits per heavy atom. The molecule has 6 nitrogen and oxygen atoms in total. The molecule has 0 radical (unpaired) electrons. The summed E-state index contributed by atoms with van der Waals surface area (Å²) in [7, 11) is 0. The van der Waals surface area contributed by atoms with Crippen LogP contribution in [0.2, 0.25) is 5.02 Å². The van der Waals surface area contributed by atoms with E-state index >= 15 is 0 Å². The van der Waals surface area contributed by atoms with E-state index < -0.39 is 23.1 Å². The van der Waals surface area contributed by atoms with E-state index in [9.17, 15) is 9.59 Å². The van der Waals surface area contributed by atoms with Gasteiger partial charge in [-0.2, -0.15) is 0 Å². The van der Waals surface area contributed by atoms with Crippen molar-refractivity contribution in [3.8, 4) is 5.69 Å². The summed E-state index contributed by atoms with van der Waals surface area (Å²) in [6.07, 6.45) is 1.36. The van der Waals surface area contributed by atoms with Crippen LogP contribution in [0.15, 0.2) is 30.6 Å². The van der Waals surface area contributed by atoms with Gasteiger partial charge in [-0.05, 0) is 53.7 Å². The lowest BCUT2D eigenvalue weighted by atomic mass is 10.2. The molecule has 7 heteroatoms. The number of halogens is 1. The zero-order chi connectivity index (χ0) is 19.7. The van der Waals surface area contributed by atoms with Gasteiger partial charge in [-0.15, -0.1) is 0 Å². The molecule has 1 aromatic heterocycles. The van der Waals surface area contributed by atoms with E-state index in [1.807, 2.05) is 0 Å². The highest BCUT2D eigenvalue weighted by atomic mass is 35.5. The summed E-state index contributed by atoms with van der Waals surface area (Å²) in [6.45, 7) is 10.5. The van der Waals surface area contributed by atoms with Gasteiger partial charge in [0.1, 0.15) is 17.5 Å². The number of imidazole rings is 1. The Balaban J connectivity index is 2.58. The first kappa shape index (κ1) is 20.0. The quantitative estimate of drug-likeness (QED) is 0.738. The van der Waals surface area contributed by atoms with E-state index in [-0.39, 0.29) is 11.4 Å². The lowest BCUT2D eigenvalue weighted by Crippen LogP contribution is -2.29. The molecule has 0 aliphatic heterocycles. The van der Waals surface area contributed by atoms with Crippen molar-refractivity contribution in [3.05, 3.63) is 47.0 Å². The number of hydrogen-bond acceptors (Lipinski definition) is 5. The Labute approximate surface area is 158 Å². The van der Waals surface area contributed by atoms with Crippen LogP contribution in [0.4, 0.5) is 0 Å². The summed E-state index contributed by atoms with van der Waals surface area (Å²) in [6, 6.07) is 6.94. The second-order valence-corrected chi connectivity index (χ2v) is 8.17. The van der Waals surface area contributed by atoms with Gasteiger partial charge in [-0.1, -0.05) is 23.7 Å². The van der Waals surface area contributed by atoms with Gasteiger partial charge >= 0.3 is 11.9 Å². The van der Waals surface area contributed by atoms with Crippen molar-refractivity contribution >= 4 is 23.5 Å². The summed E-state index contributed by atoms with van der Waals surface area (Å²) in [5.74, 6) is -1.39. The molecule has 0 unspecified atom stereocenters. The molecule has 2 aromatic rings. The van der Waals surface area contributed by atoms with Gasteiger partial charge in [0.15, 0.2) is 11.4 Å². The van der Waals surface area contributed by atoms with Crippen LogP contribution in [0.3, 0.4) is 0 Å². The Morgan fingerprint density at radius 3 is 2.04 bits per heavy atom. The molecule has 0 fully saturated rings. The first-order chi connectivity index (χ1) is 11.9. The largest absolute Gasteiger partial charge is 0.455 e. The first-order valence-corrected chi connectivity index (χ1v) is 8.56. The van der Waals surface area contributed by atoms with Crippen molar-refractivity contribution in [3.63, 3.8) is 0 Å². The number of rotatable bonds is 3. The van der Waals surface area contributed by atoms with Gasteiger partial charge in [0.2, 0.25) is 0 Å². The fraction of sp³-hybridized carbons (Fsp3) is 0.421.